The Morgan fingerprint density at radius 3 is 2.73 bits per heavy atom. The molecule has 1 N–H and O–H groups in total. The zero-order valence-electron chi connectivity index (χ0n) is 14.8. The minimum Gasteiger partial charge on any atom is -0.497 e. The second-order valence-electron chi connectivity index (χ2n) is 6.36. The zero-order valence-corrected chi connectivity index (χ0v) is 14.8. The number of hydrogen-bond donors (Lipinski definition) is 1. The fourth-order valence-electron chi connectivity index (χ4n) is 3.13. The molecule has 4 aromatic rings. The molecule has 0 unspecified atom stereocenters. The number of benzene rings is 2. The van der Waals surface area contributed by atoms with E-state index in [1.807, 2.05) is 24.4 Å². The van der Waals surface area contributed by atoms with E-state index < -0.39 is 0 Å². The van der Waals surface area contributed by atoms with Gasteiger partial charge in [-0.3, -0.25) is 10.00 Å². The van der Waals surface area contributed by atoms with Gasteiger partial charge in [-0.05, 0) is 36.0 Å². The molecule has 0 bridgehead atoms. The normalized spacial score (nSPS) is 11.3. The number of methoxy groups -OCH3 is 1. The topological polar surface area (TPSA) is 67.2 Å². The first-order valence-corrected chi connectivity index (χ1v) is 8.41. The van der Waals surface area contributed by atoms with Gasteiger partial charge >= 0.3 is 0 Å². The van der Waals surface area contributed by atoms with Crippen LogP contribution in [0.25, 0.3) is 22.0 Å². The fraction of sp³-hybridized carbons (Fsp3) is 0.200. The minimum absolute atomic E-state index is 0.721. The molecule has 2 aromatic heterocycles. The van der Waals surface area contributed by atoms with Crippen LogP contribution in [0.2, 0.25) is 0 Å². The Labute approximate surface area is 151 Å². The van der Waals surface area contributed by atoms with Crippen LogP contribution in [0.5, 0.6) is 5.75 Å². The summed E-state index contributed by atoms with van der Waals surface area (Å²) in [6.07, 6.45) is 3.48. The summed E-state index contributed by atoms with van der Waals surface area (Å²) in [5.74, 6) is 0.863. The predicted molar refractivity (Wildman–Crippen MR) is 99.8 cm³/mol. The van der Waals surface area contributed by atoms with E-state index in [1.54, 1.807) is 13.4 Å². The van der Waals surface area contributed by atoms with Gasteiger partial charge in [-0.25, -0.2) is 0 Å². The van der Waals surface area contributed by atoms with E-state index in [9.17, 15) is 0 Å². The lowest BCUT2D eigenvalue weighted by molar-refractivity contribution is 0.304. The molecule has 0 radical (unpaired) electrons. The summed E-state index contributed by atoms with van der Waals surface area (Å²) in [5.41, 5.74) is 4.21. The Balaban J connectivity index is 1.58. The predicted octanol–water partition coefficient (Wildman–Crippen LogP) is 3.86. The minimum atomic E-state index is 0.721. The highest BCUT2D eigenvalue weighted by Crippen LogP contribution is 2.28. The molecule has 0 aliphatic heterocycles. The Bertz CT molecular complexity index is 1010. The van der Waals surface area contributed by atoms with Crippen LogP contribution in [0.1, 0.15) is 11.3 Å². The van der Waals surface area contributed by atoms with Crippen LogP contribution in [0.3, 0.4) is 0 Å². The van der Waals surface area contributed by atoms with Crippen molar-refractivity contribution in [2.24, 2.45) is 0 Å². The van der Waals surface area contributed by atoms with Crippen LogP contribution in [0.4, 0.5) is 0 Å². The molecule has 2 heterocycles. The SMILES string of the molecule is COc1ccc2cc(-c3[nH]ncc3CN(C)Cc3ccon3)ccc2c1. The molecule has 132 valence electrons. The number of aromatic amines is 1. The molecule has 0 saturated heterocycles. The number of hydrogen-bond acceptors (Lipinski definition) is 5. The highest BCUT2D eigenvalue weighted by atomic mass is 16.5. The van der Waals surface area contributed by atoms with E-state index in [1.165, 1.54) is 5.39 Å². The van der Waals surface area contributed by atoms with Crippen molar-refractivity contribution in [2.45, 2.75) is 13.1 Å². The molecule has 0 aliphatic rings. The van der Waals surface area contributed by atoms with Gasteiger partial charge in [0.1, 0.15) is 12.0 Å². The van der Waals surface area contributed by atoms with Crippen LogP contribution < -0.4 is 4.74 Å². The Kier molecular flexibility index (Phi) is 4.41. The van der Waals surface area contributed by atoms with E-state index in [4.69, 9.17) is 9.26 Å². The van der Waals surface area contributed by atoms with E-state index in [0.717, 1.165) is 46.7 Å². The summed E-state index contributed by atoms with van der Waals surface area (Å²) in [4.78, 5) is 2.18. The van der Waals surface area contributed by atoms with Gasteiger partial charge in [0.15, 0.2) is 0 Å². The number of ether oxygens (including phenoxy) is 1. The largest absolute Gasteiger partial charge is 0.497 e. The van der Waals surface area contributed by atoms with Gasteiger partial charge in [-0.2, -0.15) is 5.10 Å². The second-order valence-corrected chi connectivity index (χ2v) is 6.36. The third kappa shape index (κ3) is 3.32. The number of aromatic nitrogens is 3. The van der Waals surface area contributed by atoms with Crippen LogP contribution in [-0.2, 0) is 13.1 Å². The first-order chi connectivity index (χ1) is 12.7. The van der Waals surface area contributed by atoms with Crippen molar-refractivity contribution >= 4 is 10.8 Å². The molecule has 6 heteroatoms. The monoisotopic (exact) mass is 348 g/mol. The number of nitrogens with zero attached hydrogens (tertiary/aromatic N) is 3. The second kappa shape index (κ2) is 7.01. The van der Waals surface area contributed by atoms with E-state index in [0.29, 0.717) is 0 Å². The first-order valence-electron chi connectivity index (χ1n) is 8.41. The Morgan fingerprint density at radius 1 is 1.08 bits per heavy atom. The molecule has 0 aliphatic carbocycles. The van der Waals surface area contributed by atoms with Gasteiger partial charge in [0.05, 0.1) is 24.7 Å². The summed E-state index contributed by atoms with van der Waals surface area (Å²) < 4.78 is 10.2. The van der Waals surface area contributed by atoms with Crippen LogP contribution >= 0.6 is 0 Å². The fourth-order valence-corrected chi connectivity index (χ4v) is 3.13. The third-order valence-electron chi connectivity index (χ3n) is 4.42. The standard InChI is InChI=1S/C20H20N4O2/c1-24(13-18-7-8-26-23-18)12-17-11-21-22-20(17)16-4-3-15-10-19(25-2)6-5-14(15)9-16/h3-11H,12-13H2,1-2H3,(H,21,22). The molecular formula is C20H20N4O2. The number of rotatable bonds is 6. The van der Waals surface area contributed by atoms with Crippen molar-refractivity contribution in [1.29, 1.82) is 0 Å². The first kappa shape index (κ1) is 16.4. The average molecular weight is 348 g/mol. The summed E-state index contributed by atoms with van der Waals surface area (Å²) in [5, 5.41) is 13.7. The molecule has 0 atom stereocenters. The number of nitrogens with one attached hydrogen (secondary N) is 1. The van der Waals surface area contributed by atoms with Crippen molar-refractivity contribution in [3.05, 3.63) is 66.2 Å². The molecular weight excluding hydrogens is 328 g/mol. The summed E-state index contributed by atoms with van der Waals surface area (Å²) in [6, 6.07) is 14.4. The van der Waals surface area contributed by atoms with E-state index >= 15 is 0 Å². The van der Waals surface area contributed by atoms with Gasteiger partial charge in [0.25, 0.3) is 0 Å². The van der Waals surface area contributed by atoms with Gasteiger partial charge in [0, 0.05) is 30.3 Å². The van der Waals surface area contributed by atoms with E-state index in [-0.39, 0.29) is 0 Å². The molecule has 0 spiro atoms. The van der Waals surface area contributed by atoms with Gasteiger partial charge in [-0.15, -0.1) is 0 Å². The van der Waals surface area contributed by atoms with Crippen molar-refractivity contribution in [1.82, 2.24) is 20.3 Å². The van der Waals surface area contributed by atoms with Crippen molar-refractivity contribution in [3.8, 4) is 17.0 Å². The van der Waals surface area contributed by atoms with Crippen molar-refractivity contribution in [3.63, 3.8) is 0 Å². The summed E-state index contributed by atoms with van der Waals surface area (Å²) in [7, 11) is 3.74. The molecule has 0 saturated carbocycles. The van der Waals surface area contributed by atoms with Crippen molar-refractivity contribution < 1.29 is 9.26 Å². The summed E-state index contributed by atoms with van der Waals surface area (Å²) >= 11 is 0. The molecule has 4 rings (SSSR count). The maximum Gasteiger partial charge on any atom is 0.124 e. The maximum absolute atomic E-state index is 5.30. The van der Waals surface area contributed by atoms with Gasteiger partial charge in [-0.1, -0.05) is 23.4 Å². The van der Waals surface area contributed by atoms with Crippen LogP contribution in [-0.4, -0.2) is 34.4 Å². The average Bonchev–Trinajstić information content (AvgIpc) is 3.32. The van der Waals surface area contributed by atoms with E-state index in [2.05, 4.69) is 51.6 Å². The lowest BCUT2D eigenvalue weighted by atomic mass is 10.0. The number of H-pyrrole nitrogens is 1. The Morgan fingerprint density at radius 2 is 1.92 bits per heavy atom. The molecule has 2 aromatic carbocycles. The quantitative estimate of drug-likeness (QED) is 0.573. The lowest BCUT2D eigenvalue weighted by Gasteiger charge is -2.15. The maximum atomic E-state index is 5.30. The Hall–Kier alpha value is -3.12. The molecule has 26 heavy (non-hydrogen) atoms. The van der Waals surface area contributed by atoms with Gasteiger partial charge < -0.3 is 9.26 Å². The lowest BCUT2D eigenvalue weighted by Crippen LogP contribution is -2.17. The number of fused-ring (bicyclic) bond motifs is 1. The molecule has 0 fully saturated rings. The third-order valence-corrected chi connectivity index (χ3v) is 4.42. The van der Waals surface area contributed by atoms with Crippen molar-refractivity contribution in [2.75, 3.05) is 14.2 Å². The molecule has 0 amide bonds. The highest BCUT2D eigenvalue weighted by Gasteiger charge is 2.12. The summed E-state index contributed by atoms with van der Waals surface area (Å²) in [6.45, 7) is 1.48. The molecule has 6 nitrogen and oxygen atoms in total. The van der Waals surface area contributed by atoms with Crippen LogP contribution in [0, 0.1) is 0 Å². The highest BCUT2D eigenvalue weighted by molar-refractivity contribution is 5.88. The smallest absolute Gasteiger partial charge is 0.124 e. The zero-order chi connectivity index (χ0) is 17.9. The van der Waals surface area contributed by atoms with Crippen LogP contribution in [0.15, 0.2) is 59.4 Å². The van der Waals surface area contributed by atoms with Gasteiger partial charge in [0.2, 0.25) is 0 Å².